The molecule has 5 nitrogen and oxygen atoms in total. The maximum Gasteiger partial charge on any atom is 0.329 e. The number of carbonyl (C=O) groups excluding carboxylic acids is 1. The Morgan fingerprint density at radius 2 is 1.76 bits per heavy atom. The first-order valence-electron chi connectivity index (χ1n) is 6.91. The number of aliphatic carboxylic acids is 1. The van der Waals surface area contributed by atoms with Crippen molar-refractivity contribution in [2.24, 2.45) is 0 Å². The van der Waals surface area contributed by atoms with Gasteiger partial charge in [0.15, 0.2) is 0 Å². The van der Waals surface area contributed by atoms with Gasteiger partial charge in [-0.3, -0.25) is 0 Å². The fourth-order valence-electron chi connectivity index (χ4n) is 2.63. The Labute approximate surface area is 122 Å². The van der Waals surface area contributed by atoms with Crippen molar-refractivity contribution in [3.63, 3.8) is 0 Å². The van der Waals surface area contributed by atoms with Crippen LogP contribution in [0.1, 0.15) is 19.3 Å². The standard InChI is InChI=1S/C16H16N2O3/c19-14(20)16(9-4-10-16)18-15(21)17-13-8-3-6-11-5-1-2-7-12(11)13/h1-3,5-8H,4,9-10H2,(H,19,20)(H2,17,18,21). The number of carboxylic acid groups (broad SMARTS) is 1. The summed E-state index contributed by atoms with van der Waals surface area (Å²) in [7, 11) is 0. The van der Waals surface area contributed by atoms with Crippen LogP contribution in [0.4, 0.5) is 10.5 Å². The molecule has 2 aromatic carbocycles. The molecule has 0 aromatic heterocycles. The number of hydrogen-bond donors (Lipinski definition) is 3. The van der Waals surface area contributed by atoms with Gasteiger partial charge in [-0.2, -0.15) is 0 Å². The Kier molecular flexibility index (Phi) is 3.25. The zero-order valence-corrected chi connectivity index (χ0v) is 11.4. The van der Waals surface area contributed by atoms with Crippen molar-refractivity contribution in [2.75, 3.05) is 5.32 Å². The first-order valence-corrected chi connectivity index (χ1v) is 6.91. The van der Waals surface area contributed by atoms with Gasteiger partial charge in [0.2, 0.25) is 0 Å². The number of carbonyl (C=O) groups is 2. The van der Waals surface area contributed by atoms with E-state index in [1.165, 1.54) is 0 Å². The van der Waals surface area contributed by atoms with Gasteiger partial charge in [-0.25, -0.2) is 9.59 Å². The van der Waals surface area contributed by atoms with Crippen molar-refractivity contribution in [3.8, 4) is 0 Å². The molecule has 1 aliphatic carbocycles. The quantitative estimate of drug-likeness (QED) is 0.810. The van der Waals surface area contributed by atoms with Crippen LogP contribution < -0.4 is 10.6 Å². The maximum atomic E-state index is 12.1. The second-order valence-corrected chi connectivity index (χ2v) is 5.35. The highest BCUT2D eigenvalue weighted by Crippen LogP contribution is 2.32. The second kappa shape index (κ2) is 5.09. The first kappa shape index (κ1) is 13.4. The van der Waals surface area contributed by atoms with Crippen molar-refractivity contribution in [1.82, 2.24) is 5.32 Å². The molecule has 1 saturated carbocycles. The highest BCUT2D eigenvalue weighted by Gasteiger charge is 2.45. The molecule has 0 radical (unpaired) electrons. The topological polar surface area (TPSA) is 78.4 Å². The van der Waals surface area contributed by atoms with Crippen molar-refractivity contribution < 1.29 is 14.7 Å². The number of fused-ring (bicyclic) bond motifs is 1. The summed E-state index contributed by atoms with van der Waals surface area (Å²) in [6.07, 6.45) is 1.78. The van der Waals surface area contributed by atoms with Crippen LogP contribution in [-0.2, 0) is 4.79 Å². The molecule has 1 fully saturated rings. The highest BCUT2D eigenvalue weighted by atomic mass is 16.4. The van der Waals surface area contributed by atoms with E-state index >= 15 is 0 Å². The summed E-state index contributed by atoms with van der Waals surface area (Å²) in [5, 5.41) is 16.5. The molecule has 3 N–H and O–H groups in total. The summed E-state index contributed by atoms with van der Waals surface area (Å²) in [5.41, 5.74) is -0.431. The van der Waals surface area contributed by atoms with Crippen LogP contribution in [-0.4, -0.2) is 22.6 Å². The van der Waals surface area contributed by atoms with E-state index in [1.54, 1.807) is 6.07 Å². The predicted molar refractivity (Wildman–Crippen MR) is 80.3 cm³/mol. The molecule has 2 amide bonds. The first-order chi connectivity index (χ1) is 10.1. The normalized spacial score (nSPS) is 16.0. The molecular weight excluding hydrogens is 268 g/mol. The van der Waals surface area contributed by atoms with Crippen LogP contribution in [0.2, 0.25) is 0 Å². The number of anilines is 1. The number of hydrogen-bond acceptors (Lipinski definition) is 2. The third-order valence-corrected chi connectivity index (χ3v) is 4.01. The van der Waals surface area contributed by atoms with E-state index in [1.807, 2.05) is 36.4 Å². The molecule has 0 aliphatic heterocycles. The monoisotopic (exact) mass is 284 g/mol. The van der Waals surface area contributed by atoms with Gasteiger partial charge >= 0.3 is 12.0 Å². The number of rotatable bonds is 3. The van der Waals surface area contributed by atoms with Crippen LogP contribution in [0.5, 0.6) is 0 Å². The van der Waals surface area contributed by atoms with Gasteiger partial charge < -0.3 is 15.7 Å². The van der Waals surface area contributed by atoms with Crippen molar-refractivity contribution in [3.05, 3.63) is 42.5 Å². The number of carboxylic acids is 1. The van der Waals surface area contributed by atoms with Gasteiger partial charge in [-0.15, -0.1) is 0 Å². The lowest BCUT2D eigenvalue weighted by atomic mass is 9.77. The smallest absolute Gasteiger partial charge is 0.329 e. The average molecular weight is 284 g/mol. The fourth-order valence-corrected chi connectivity index (χ4v) is 2.63. The van der Waals surface area contributed by atoms with E-state index < -0.39 is 17.5 Å². The lowest BCUT2D eigenvalue weighted by Gasteiger charge is -2.38. The lowest BCUT2D eigenvalue weighted by Crippen LogP contribution is -2.60. The van der Waals surface area contributed by atoms with E-state index in [0.29, 0.717) is 18.5 Å². The minimum atomic E-state index is -1.10. The summed E-state index contributed by atoms with van der Waals surface area (Å²) < 4.78 is 0. The molecule has 21 heavy (non-hydrogen) atoms. The number of amides is 2. The molecule has 0 spiro atoms. The Morgan fingerprint density at radius 3 is 2.43 bits per heavy atom. The van der Waals surface area contributed by atoms with Gasteiger partial charge in [-0.05, 0) is 30.7 Å². The Morgan fingerprint density at radius 1 is 1.05 bits per heavy atom. The molecule has 0 heterocycles. The molecule has 3 rings (SSSR count). The van der Waals surface area contributed by atoms with Crippen LogP contribution in [0.3, 0.4) is 0 Å². The van der Waals surface area contributed by atoms with Gasteiger partial charge in [0.25, 0.3) is 0 Å². The molecule has 0 saturated heterocycles. The number of nitrogens with one attached hydrogen (secondary N) is 2. The van der Waals surface area contributed by atoms with Crippen molar-refractivity contribution >= 4 is 28.5 Å². The zero-order chi connectivity index (χ0) is 14.9. The SMILES string of the molecule is O=C(Nc1cccc2ccccc12)NC1(C(=O)O)CCC1. The van der Waals surface area contributed by atoms with Gasteiger partial charge in [0, 0.05) is 5.39 Å². The lowest BCUT2D eigenvalue weighted by molar-refractivity contribution is -0.148. The fraction of sp³-hybridized carbons (Fsp3) is 0.250. The van der Waals surface area contributed by atoms with E-state index in [2.05, 4.69) is 10.6 Å². The van der Waals surface area contributed by atoms with Gasteiger partial charge in [-0.1, -0.05) is 36.4 Å². The molecule has 1 aliphatic rings. The molecule has 0 unspecified atom stereocenters. The van der Waals surface area contributed by atoms with Gasteiger partial charge in [0.05, 0.1) is 5.69 Å². The third kappa shape index (κ3) is 2.42. The third-order valence-electron chi connectivity index (χ3n) is 4.01. The molecule has 2 aromatic rings. The molecule has 5 heteroatoms. The van der Waals surface area contributed by atoms with Crippen LogP contribution >= 0.6 is 0 Å². The predicted octanol–water partition coefficient (Wildman–Crippen LogP) is 2.97. The zero-order valence-electron chi connectivity index (χ0n) is 11.4. The number of urea groups is 1. The molecular formula is C16H16N2O3. The Bertz CT molecular complexity index is 702. The highest BCUT2D eigenvalue weighted by molar-refractivity contribution is 6.02. The summed E-state index contributed by atoms with van der Waals surface area (Å²) in [5.74, 6) is -0.971. The van der Waals surface area contributed by atoms with Gasteiger partial charge in [0.1, 0.15) is 5.54 Å². The van der Waals surface area contributed by atoms with Crippen LogP contribution in [0.15, 0.2) is 42.5 Å². The van der Waals surface area contributed by atoms with E-state index in [4.69, 9.17) is 0 Å². The minimum absolute atomic E-state index is 0.477. The Balaban J connectivity index is 1.79. The molecule has 0 atom stereocenters. The van der Waals surface area contributed by atoms with E-state index in [-0.39, 0.29) is 0 Å². The second-order valence-electron chi connectivity index (χ2n) is 5.35. The molecule has 0 bridgehead atoms. The van der Waals surface area contributed by atoms with Crippen molar-refractivity contribution in [2.45, 2.75) is 24.8 Å². The van der Waals surface area contributed by atoms with Crippen LogP contribution in [0.25, 0.3) is 10.8 Å². The summed E-state index contributed by atoms with van der Waals surface area (Å²) in [4.78, 5) is 23.3. The largest absolute Gasteiger partial charge is 0.480 e. The minimum Gasteiger partial charge on any atom is -0.480 e. The van der Waals surface area contributed by atoms with E-state index in [9.17, 15) is 14.7 Å². The molecule has 108 valence electrons. The summed E-state index contributed by atoms with van der Waals surface area (Å²) in [6.45, 7) is 0. The summed E-state index contributed by atoms with van der Waals surface area (Å²) >= 11 is 0. The summed E-state index contributed by atoms with van der Waals surface area (Å²) in [6, 6.07) is 12.8. The number of benzene rings is 2. The van der Waals surface area contributed by atoms with Crippen molar-refractivity contribution in [1.29, 1.82) is 0 Å². The Hall–Kier alpha value is -2.56. The van der Waals surface area contributed by atoms with Crippen LogP contribution in [0, 0.1) is 0 Å². The van der Waals surface area contributed by atoms with E-state index in [0.717, 1.165) is 17.2 Å². The maximum absolute atomic E-state index is 12.1. The average Bonchev–Trinajstić information content (AvgIpc) is 2.43.